The lowest BCUT2D eigenvalue weighted by Gasteiger charge is -2.17. The molecular weight excluding hydrogens is 775 g/mol. The summed E-state index contributed by atoms with van der Waals surface area (Å²) in [4.78, 5) is 51.9. The number of carbonyl (C=O) groups is 4. The van der Waals surface area contributed by atoms with Gasteiger partial charge in [-0.25, -0.2) is 9.59 Å². The normalized spacial score (nSPS) is 13.0. The largest absolute Gasteiger partial charge is 0.494 e. The molecule has 0 spiro atoms. The number of halogens is 2. The molecule has 58 heavy (non-hydrogen) atoms. The van der Waals surface area contributed by atoms with E-state index in [1.807, 2.05) is 0 Å². The van der Waals surface area contributed by atoms with Gasteiger partial charge < -0.3 is 18.9 Å². The van der Waals surface area contributed by atoms with Gasteiger partial charge in [-0.1, -0.05) is 178 Å². The summed E-state index contributed by atoms with van der Waals surface area (Å²) in [5.41, 5.74) is 0.211. The van der Waals surface area contributed by atoms with Crippen LogP contribution >= 0.6 is 23.2 Å². The Morgan fingerprint density at radius 2 is 0.672 bits per heavy atom. The Balaban J connectivity index is 1.34. The molecule has 1 aliphatic rings. The minimum Gasteiger partial charge on any atom is -0.494 e. The van der Waals surface area contributed by atoms with Crippen molar-refractivity contribution in [3.63, 3.8) is 0 Å². The molecular formula is C48H66Cl2O8. The van der Waals surface area contributed by atoms with E-state index in [9.17, 15) is 19.2 Å². The first-order valence-corrected chi connectivity index (χ1v) is 22.8. The Morgan fingerprint density at radius 3 is 0.948 bits per heavy atom. The van der Waals surface area contributed by atoms with E-state index in [1.165, 1.54) is 153 Å². The van der Waals surface area contributed by atoms with Gasteiger partial charge in [-0.05, 0) is 61.4 Å². The van der Waals surface area contributed by atoms with Gasteiger partial charge in [0.2, 0.25) is 23.1 Å². The lowest BCUT2D eigenvalue weighted by molar-refractivity contribution is -0.119. The third-order valence-corrected chi connectivity index (χ3v) is 11.0. The first-order chi connectivity index (χ1) is 28.3. The zero-order chi connectivity index (χ0) is 41.8. The predicted molar refractivity (Wildman–Crippen MR) is 233 cm³/mol. The first-order valence-electron chi connectivity index (χ1n) is 22.1. The third kappa shape index (κ3) is 18.5. The van der Waals surface area contributed by atoms with E-state index in [0.29, 0.717) is 24.7 Å². The molecule has 0 bridgehead atoms. The molecule has 0 aromatic heterocycles. The van der Waals surface area contributed by atoms with Gasteiger partial charge in [-0.3, -0.25) is 9.59 Å². The lowest BCUT2D eigenvalue weighted by Crippen LogP contribution is -2.26. The molecule has 2 aromatic rings. The minimum atomic E-state index is -1.06. The fraction of sp³-hybridized carbons (Fsp3) is 0.583. The molecule has 0 N–H and O–H groups in total. The molecule has 0 aliphatic heterocycles. The number of benzene rings is 2. The molecule has 0 fully saturated rings. The molecule has 0 atom stereocenters. The van der Waals surface area contributed by atoms with Crippen molar-refractivity contribution in [1.29, 1.82) is 0 Å². The highest BCUT2D eigenvalue weighted by molar-refractivity contribution is 6.55. The molecule has 2 aromatic carbocycles. The Kier molecular flexibility index (Phi) is 24.9. The van der Waals surface area contributed by atoms with Gasteiger partial charge in [0.15, 0.2) is 0 Å². The highest BCUT2D eigenvalue weighted by Crippen LogP contribution is 2.32. The molecule has 0 unspecified atom stereocenters. The van der Waals surface area contributed by atoms with Gasteiger partial charge in [-0.2, -0.15) is 0 Å². The van der Waals surface area contributed by atoms with Crippen LogP contribution in [0.5, 0.6) is 11.5 Å². The average Bonchev–Trinajstić information content (AvgIpc) is 3.24. The number of rotatable bonds is 32. The van der Waals surface area contributed by atoms with E-state index in [4.69, 9.17) is 42.1 Å². The molecule has 0 heterocycles. The van der Waals surface area contributed by atoms with Gasteiger partial charge in [-0.15, -0.1) is 0 Å². The van der Waals surface area contributed by atoms with Crippen LogP contribution in [0.3, 0.4) is 0 Å². The van der Waals surface area contributed by atoms with Gasteiger partial charge >= 0.3 is 11.9 Å². The Morgan fingerprint density at radius 1 is 0.414 bits per heavy atom. The predicted octanol–water partition coefficient (Wildman–Crippen LogP) is 13.9. The first kappa shape index (κ1) is 48.7. The third-order valence-electron chi connectivity index (χ3n) is 10.3. The van der Waals surface area contributed by atoms with Crippen molar-refractivity contribution in [3.8, 4) is 11.5 Å². The number of hydrogen-bond acceptors (Lipinski definition) is 8. The molecule has 0 saturated heterocycles. The van der Waals surface area contributed by atoms with Crippen molar-refractivity contribution < 1.29 is 38.1 Å². The number of allylic oxidation sites excluding steroid dienone is 2. The Labute approximate surface area is 357 Å². The topological polar surface area (TPSA) is 105 Å². The molecule has 0 radical (unpaired) electrons. The molecule has 8 nitrogen and oxygen atoms in total. The average molecular weight is 842 g/mol. The number of carbonyl (C=O) groups excluding carboxylic acids is 4. The summed E-state index contributed by atoms with van der Waals surface area (Å²) in [6, 6.07) is 12.5. The fourth-order valence-corrected chi connectivity index (χ4v) is 7.15. The Hall–Kier alpha value is -3.62. The number of ketones is 2. The monoisotopic (exact) mass is 840 g/mol. The maximum absolute atomic E-state index is 13.1. The summed E-state index contributed by atoms with van der Waals surface area (Å²) >= 11 is 12.4. The molecule has 10 heteroatoms. The van der Waals surface area contributed by atoms with Crippen LogP contribution in [0, 0.1) is 0 Å². The van der Waals surface area contributed by atoms with E-state index in [1.54, 1.807) is 24.3 Å². The van der Waals surface area contributed by atoms with Crippen LogP contribution < -0.4 is 9.47 Å². The summed E-state index contributed by atoms with van der Waals surface area (Å²) in [6.45, 7) is 5.62. The second-order valence-corrected chi connectivity index (χ2v) is 16.0. The van der Waals surface area contributed by atoms with Crippen molar-refractivity contribution in [2.75, 3.05) is 13.2 Å². The van der Waals surface area contributed by atoms with Crippen LogP contribution in [-0.2, 0) is 19.1 Å². The molecule has 3 rings (SSSR count). The molecule has 1 aliphatic carbocycles. The van der Waals surface area contributed by atoms with E-state index in [-0.39, 0.29) is 11.1 Å². The van der Waals surface area contributed by atoms with Crippen LogP contribution in [0.4, 0.5) is 0 Å². The zero-order valence-electron chi connectivity index (χ0n) is 35.0. The maximum Gasteiger partial charge on any atom is 0.343 e. The smallest absolute Gasteiger partial charge is 0.343 e. The number of unbranched alkanes of at least 4 members (excludes halogenated alkanes) is 22. The maximum atomic E-state index is 13.1. The SMILES string of the molecule is CCCCCCCCCCCCCCOc1ccc(C(=O)OC2=C(Cl)C(=O)C(OC(=O)c3ccc(OCCCCCCCCCCCCCC)cc3)=C(Cl)C2=O)cc1. The second-order valence-electron chi connectivity index (χ2n) is 15.2. The fourth-order valence-electron chi connectivity index (χ4n) is 6.73. The van der Waals surface area contributed by atoms with Crippen molar-refractivity contribution in [3.05, 3.63) is 81.2 Å². The van der Waals surface area contributed by atoms with Crippen LogP contribution in [0.1, 0.15) is 189 Å². The number of esters is 2. The summed E-state index contributed by atoms with van der Waals surface area (Å²) in [6.07, 6.45) is 30.3. The van der Waals surface area contributed by atoms with Crippen LogP contribution in [0.25, 0.3) is 0 Å². The molecule has 0 amide bonds. The Bertz CT molecular complexity index is 1480. The quantitative estimate of drug-likeness (QED) is 0.0407. The standard InChI is InChI=1S/C48H66Cl2O8/c1-3-5-7-9-11-13-15-17-19-21-23-25-35-55-39-31-27-37(28-32-39)47(53)57-45-41(49)44(52)46(42(50)43(45)51)58-48(54)38-29-33-40(34-30-38)56-36-26-24-22-20-18-16-14-12-10-8-6-4-2/h27-34H,3-26,35-36H2,1-2H3. The second kappa shape index (κ2) is 29.6. The van der Waals surface area contributed by atoms with Crippen LogP contribution in [-0.4, -0.2) is 36.7 Å². The summed E-state index contributed by atoms with van der Waals surface area (Å²) < 4.78 is 22.1. The van der Waals surface area contributed by atoms with Gasteiger partial charge in [0.1, 0.15) is 21.6 Å². The van der Waals surface area contributed by atoms with Crippen LogP contribution in [0.2, 0.25) is 0 Å². The van der Waals surface area contributed by atoms with Crippen molar-refractivity contribution in [2.45, 2.75) is 168 Å². The summed E-state index contributed by atoms with van der Waals surface area (Å²) in [5.74, 6) is -4.28. The molecule has 320 valence electrons. The zero-order valence-corrected chi connectivity index (χ0v) is 36.5. The number of ether oxygens (including phenoxy) is 4. The molecule has 0 saturated carbocycles. The highest BCUT2D eigenvalue weighted by Gasteiger charge is 2.38. The minimum absolute atomic E-state index is 0.105. The van der Waals surface area contributed by atoms with E-state index in [2.05, 4.69) is 13.8 Å². The summed E-state index contributed by atoms with van der Waals surface area (Å²) in [7, 11) is 0. The van der Waals surface area contributed by atoms with Crippen molar-refractivity contribution in [1.82, 2.24) is 0 Å². The van der Waals surface area contributed by atoms with Gasteiger partial charge in [0, 0.05) is 0 Å². The van der Waals surface area contributed by atoms with Crippen molar-refractivity contribution in [2.24, 2.45) is 0 Å². The number of hydrogen-bond donors (Lipinski definition) is 0. The van der Waals surface area contributed by atoms with E-state index in [0.717, 1.165) is 25.7 Å². The van der Waals surface area contributed by atoms with E-state index < -0.39 is 45.1 Å². The van der Waals surface area contributed by atoms with Gasteiger partial charge in [0.05, 0.1) is 24.3 Å². The van der Waals surface area contributed by atoms with Crippen LogP contribution in [0.15, 0.2) is 70.1 Å². The number of Topliss-reactive ketones (excluding diaryl/α,β-unsaturated/α-hetero) is 2. The summed E-state index contributed by atoms with van der Waals surface area (Å²) in [5, 5.41) is -1.45. The van der Waals surface area contributed by atoms with E-state index >= 15 is 0 Å². The lowest BCUT2D eigenvalue weighted by atomic mass is 10.1. The van der Waals surface area contributed by atoms with Gasteiger partial charge in [0.25, 0.3) is 0 Å². The van der Waals surface area contributed by atoms with Crippen molar-refractivity contribution >= 4 is 46.7 Å². The highest BCUT2D eigenvalue weighted by atomic mass is 35.5.